The monoisotopic (exact) mass is 668 g/mol. The maximum atomic E-state index is 11.5. The summed E-state index contributed by atoms with van der Waals surface area (Å²) in [4.78, 5) is 22.9. The van der Waals surface area contributed by atoms with Gasteiger partial charge in [-0.3, -0.25) is 9.59 Å². The molecule has 0 radical (unpaired) electrons. The van der Waals surface area contributed by atoms with E-state index in [4.69, 9.17) is 0 Å². The number of carbonyl (C=O) groups excluding carboxylic acids is 2. The van der Waals surface area contributed by atoms with Crippen LogP contribution < -0.4 is 10.6 Å². The molecule has 0 bridgehead atoms. The third-order valence-electron chi connectivity index (χ3n) is 2.19. The van der Waals surface area contributed by atoms with Gasteiger partial charge in [-0.2, -0.15) is 0 Å². The van der Waals surface area contributed by atoms with E-state index < -0.39 is 4.29 Å². The fourth-order valence-electron chi connectivity index (χ4n) is 1.21. The van der Waals surface area contributed by atoms with Crippen LogP contribution in [0.3, 0.4) is 0 Å². The largest absolute Gasteiger partial charge is 0.353 e. The Hall–Kier alpha value is 1.82. The molecule has 0 unspecified atom stereocenters. The lowest BCUT2D eigenvalue weighted by atomic mass is 10.2. The smallest absolute Gasteiger partial charge is 0.258 e. The zero-order valence-corrected chi connectivity index (χ0v) is 19.8. The summed E-state index contributed by atoms with van der Waals surface area (Å²) in [6.45, 7) is 1.26. The average Bonchev–Trinajstić information content (AvgIpc) is 2.29. The summed E-state index contributed by atoms with van der Waals surface area (Å²) < 4.78 is -1.77. The van der Waals surface area contributed by atoms with Gasteiger partial charge >= 0.3 is 0 Å². The molecular weight excluding hydrogens is 660 g/mol. The summed E-state index contributed by atoms with van der Waals surface area (Å²) in [5.41, 5.74) is 0. The van der Waals surface area contributed by atoms with Gasteiger partial charge in [-0.1, -0.05) is 12.8 Å². The molecule has 0 aromatic rings. The maximum absolute atomic E-state index is 11.5. The lowest BCUT2D eigenvalue weighted by molar-refractivity contribution is -0.120. The summed E-state index contributed by atoms with van der Waals surface area (Å²) in [5, 5.41) is 5.57. The van der Waals surface area contributed by atoms with Crippen LogP contribution in [-0.4, -0.2) is 29.2 Å². The Morgan fingerprint density at radius 2 is 0.950 bits per heavy atom. The highest BCUT2D eigenvalue weighted by molar-refractivity contribution is 9.40. The standard InChI is InChI=1S/C10H14Br6N2O2/c11-9(12,13)7(19)17-5-3-1-2-4-6-18-8(20)10(14,15)16/h1-6H2,(H,17,19)(H,18,20). The zero-order chi connectivity index (χ0) is 15.8. The van der Waals surface area contributed by atoms with Crippen LogP contribution in [-0.2, 0) is 9.59 Å². The molecule has 0 fully saturated rings. The van der Waals surface area contributed by atoms with E-state index in [-0.39, 0.29) is 11.8 Å². The van der Waals surface area contributed by atoms with Crippen LogP contribution in [0.4, 0.5) is 0 Å². The summed E-state index contributed by atoms with van der Waals surface area (Å²) in [7, 11) is 0. The van der Waals surface area contributed by atoms with Crippen molar-refractivity contribution in [3.05, 3.63) is 0 Å². The second-order valence-corrected chi connectivity index (χ2v) is 17.4. The lowest BCUT2D eigenvalue weighted by Gasteiger charge is -2.13. The Kier molecular flexibility index (Phi) is 11.5. The fraction of sp³-hybridized carbons (Fsp3) is 0.800. The molecule has 0 heterocycles. The van der Waals surface area contributed by atoms with Crippen molar-refractivity contribution in [2.45, 2.75) is 30.0 Å². The van der Waals surface area contributed by atoms with Gasteiger partial charge in [0.25, 0.3) is 11.8 Å². The van der Waals surface area contributed by atoms with E-state index in [0.717, 1.165) is 25.7 Å². The van der Waals surface area contributed by atoms with E-state index in [1.807, 2.05) is 0 Å². The van der Waals surface area contributed by atoms with Gasteiger partial charge in [0.1, 0.15) is 0 Å². The number of unbranched alkanes of at least 4 members (excludes halogenated alkanes) is 3. The van der Waals surface area contributed by atoms with Gasteiger partial charge in [0, 0.05) is 13.1 Å². The van der Waals surface area contributed by atoms with Crippen LogP contribution in [0.25, 0.3) is 0 Å². The van der Waals surface area contributed by atoms with Crippen molar-refractivity contribution in [2.24, 2.45) is 0 Å². The molecule has 118 valence electrons. The molecular formula is C10H14Br6N2O2. The van der Waals surface area contributed by atoms with Gasteiger partial charge in [0.2, 0.25) is 4.29 Å². The first-order chi connectivity index (χ1) is 9.05. The second-order valence-electron chi connectivity index (χ2n) is 3.92. The first-order valence-electron chi connectivity index (χ1n) is 5.75. The Bertz CT molecular complexity index is 295. The minimum Gasteiger partial charge on any atom is -0.353 e. The van der Waals surface area contributed by atoms with Crippen LogP contribution in [0.15, 0.2) is 0 Å². The Labute approximate surface area is 169 Å². The zero-order valence-electron chi connectivity index (χ0n) is 10.3. The summed E-state index contributed by atoms with van der Waals surface area (Å²) in [6.07, 6.45) is 3.81. The first kappa shape index (κ1) is 21.8. The van der Waals surface area contributed by atoms with Crippen molar-refractivity contribution in [2.75, 3.05) is 13.1 Å². The Morgan fingerprint density at radius 1 is 0.650 bits per heavy atom. The lowest BCUT2D eigenvalue weighted by Crippen LogP contribution is -2.34. The maximum Gasteiger partial charge on any atom is 0.258 e. The predicted octanol–water partition coefficient (Wildman–Crippen LogP) is 4.46. The molecule has 0 saturated heterocycles. The minimum absolute atomic E-state index is 0.159. The molecule has 0 rings (SSSR count). The Balaban J connectivity index is 3.47. The highest BCUT2D eigenvalue weighted by Crippen LogP contribution is 2.33. The molecule has 20 heavy (non-hydrogen) atoms. The molecule has 0 saturated carbocycles. The van der Waals surface area contributed by atoms with Gasteiger partial charge in [-0.05, 0) is 108 Å². The van der Waals surface area contributed by atoms with Crippen molar-refractivity contribution in [3.63, 3.8) is 0 Å². The SMILES string of the molecule is O=C(NCCCCCCNC(=O)C(Br)(Br)Br)C(Br)(Br)Br. The minimum atomic E-state index is -0.884. The molecule has 4 nitrogen and oxygen atoms in total. The third-order valence-corrected chi connectivity index (χ3v) is 4.35. The van der Waals surface area contributed by atoms with Gasteiger partial charge in [0.05, 0.1) is 0 Å². The average molecular weight is 674 g/mol. The van der Waals surface area contributed by atoms with Crippen molar-refractivity contribution >= 4 is 107 Å². The van der Waals surface area contributed by atoms with Crippen molar-refractivity contribution < 1.29 is 9.59 Å². The number of amides is 2. The predicted molar refractivity (Wildman–Crippen MR) is 104 cm³/mol. The number of nitrogens with one attached hydrogen (secondary N) is 2. The quantitative estimate of drug-likeness (QED) is 0.310. The number of alkyl halides is 6. The van der Waals surface area contributed by atoms with Crippen LogP contribution in [0.1, 0.15) is 25.7 Å². The van der Waals surface area contributed by atoms with E-state index in [1.165, 1.54) is 0 Å². The highest BCUT2D eigenvalue weighted by atomic mass is 80.0. The number of carbonyl (C=O) groups is 2. The summed E-state index contributed by atoms with van der Waals surface area (Å²) in [6, 6.07) is 0. The van der Waals surface area contributed by atoms with Crippen molar-refractivity contribution in [3.8, 4) is 0 Å². The van der Waals surface area contributed by atoms with E-state index >= 15 is 0 Å². The third kappa shape index (κ3) is 11.4. The fourth-order valence-corrected chi connectivity index (χ4v) is 2.05. The molecule has 0 atom stereocenters. The van der Waals surface area contributed by atoms with Crippen LogP contribution in [0.5, 0.6) is 0 Å². The van der Waals surface area contributed by atoms with Crippen molar-refractivity contribution in [1.82, 2.24) is 10.6 Å². The van der Waals surface area contributed by atoms with Crippen molar-refractivity contribution in [1.29, 1.82) is 0 Å². The van der Waals surface area contributed by atoms with Crippen LogP contribution in [0.2, 0.25) is 0 Å². The number of hydrogen-bond donors (Lipinski definition) is 2. The second kappa shape index (κ2) is 10.6. The van der Waals surface area contributed by atoms with Gasteiger partial charge in [-0.15, -0.1) is 0 Å². The number of hydrogen-bond acceptors (Lipinski definition) is 2. The molecule has 0 aliphatic carbocycles. The van der Waals surface area contributed by atoms with Crippen LogP contribution >= 0.6 is 95.6 Å². The topological polar surface area (TPSA) is 58.2 Å². The molecule has 10 heteroatoms. The highest BCUT2D eigenvalue weighted by Gasteiger charge is 2.28. The first-order valence-corrected chi connectivity index (χ1v) is 10.5. The molecule has 2 amide bonds. The van der Waals surface area contributed by atoms with E-state index in [9.17, 15) is 9.59 Å². The Morgan fingerprint density at radius 3 is 1.20 bits per heavy atom. The number of rotatable bonds is 7. The molecule has 0 spiro atoms. The normalized spacial score (nSPS) is 12.1. The molecule has 0 aromatic carbocycles. The number of halogens is 6. The molecule has 0 aliphatic heterocycles. The van der Waals surface area contributed by atoms with E-state index in [1.54, 1.807) is 0 Å². The molecule has 0 aliphatic rings. The van der Waals surface area contributed by atoms with E-state index in [0.29, 0.717) is 13.1 Å². The van der Waals surface area contributed by atoms with E-state index in [2.05, 4.69) is 106 Å². The van der Waals surface area contributed by atoms with Gasteiger partial charge in [-0.25, -0.2) is 0 Å². The molecule has 2 N–H and O–H groups in total. The summed E-state index contributed by atoms with van der Waals surface area (Å²) in [5.74, 6) is -0.318. The van der Waals surface area contributed by atoms with Gasteiger partial charge < -0.3 is 10.6 Å². The van der Waals surface area contributed by atoms with Crippen LogP contribution in [0, 0.1) is 0 Å². The summed E-state index contributed by atoms with van der Waals surface area (Å²) >= 11 is 18.9. The molecule has 0 aromatic heterocycles. The van der Waals surface area contributed by atoms with Gasteiger partial charge in [0.15, 0.2) is 0 Å².